The Balaban J connectivity index is 1.95. The Hall–Kier alpha value is -0.820. The Morgan fingerprint density at radius 1 is 1.17 bits per heavy atom. The van der Waals surface area contributed by atoms with Crippen molar-refractivity contribution in [3.8, 4) is 0 Å². The summed E-state index contributed by atoms with van der Waals surface area (Å²) in [6.45, 7) is 2.29. The lowest BCUT2D eigenvalue weighted by Gasteiger charge is -2.28. The fourth-order valence-electron chi connectivity index (χ4n) is 2.97. The summed E-state index contributed by atoms with van der Waals surface area (Å²) in [5.41, 5.74) is 2.44. The molecule has 0 aliphatic heterocycles. The topological polar surface area (TPSA) is 17.1 Å². The summed E-state index contributed by atoms with van der Waals surface area (Å²) >= 11 is 5.39. The molecule has 2 rings (SSSR count). The highest BCUT2D eigenvalue weighted by molar-refractivity contribution is 6.63. The number of rotatable bonds is 4. The van der Waals surface area contributed by atoms with E-state index in [1.165, 1.54) is 37.7 Å². The fraction of sp³-hybridized carbons (Fsp3) is 0.562. The molecule has 1 aliphatic rings. The number of carbonyl (C=O) groups excluding carboxylic acids is 1. The molecule has 0 aromatic heterocycles. The van der Waals surface area contributed by atoms with Gasteiger partial charge in [0.2, 0.25) is 5.24 Å². The summed E-state index contributed by atoms with van der Waals surface area (Å²) in [5.74, 6) is 1.66. The zero-order chi connectivity index (χ0) is 13.0. The smallest absolute Gasteiger partial charge is 0.226 e. The van der Waals surface area contributed by atoms with Crippen LogP contribution in [0.5, 0.6) is 0 Å². The lowest BCUT2D eigenvalue weighted by molar-refractivity contribution is -0.111. The van der Waals surface area contributed by atoms with Crippen molar-refractivity contribution >= 4 is 16.8 Å². The largest absolute Gasteiger partial charge is 0.281 e. The highest BCUT2D eigenvalue weighted by Gasteiger charge is 2.21. The molecule has 1 fully saturated rings. The first-order valence-corrected chi connectivity index (χ1v) is 7.34. The van der Waals surface area contributed by atoms with Gasteiger partial charge in [0.05, 0.1) is 0 Å². The third-order valence-corrected chi connectivity index (χ3v) is 4.35. The first-order valence-electron chi connectivity index (χ1n) is 6.96. The summed E-state index contributed by atoms with van der Waals surface area (Å²) in [7, 11) is 0. The van der Waals surface area contributed by atoms with Crippen molar-refractivity contribution in [1.29, 1.82) is 0 Å². The van der Waals surface area contributed by atoms with Gasteiger partial charge in [-0.2, -0.15) is 0 Å². The van der Waals surface area contributed by atoms with Gasteiger partial charge in [0.15, 0.2) is 0 Å². The predicted octanol–water partition coefficient (Wildman–Crippen LogP) is 4.68. The number of carbonyl (C=O) groups is 1. The zero-order valence-corrected chi connectivity index (χ0v) is 11.7. The second kappa shape index (κ2) is 6.38. The van der Waals surface area contributed by atoms with E-state index in [0.29, 0.717) is 12.3 Å². The lowest BCUT2D eigenvalue weighted by atomic mass is 9.78. The van der Waals surface area contributed by atoms with Gasteiger partial charge in [-0.3, -0.25) is 4.79 Å². The molecule has 0 unspecified atom stereocenters. The number of halogens is 1. The van der Waals surface area contributed by atoms with E-state index in [2.05, 4.69) is 19.1 Å². The van der Waals surface area contributed by atoms with Crippen LogP contribution in [0.15, 0.2) is 24.3 Å². The third-order valence-electron chi connectivity index (χ3n) is 4.22. The van der Waals surface area contributed by atoms with E-state index in [0.717, 1.165) is 11.5 Å². The van der Waals surface area contributed by atoms with E-state index in [9.17, 15) is 4.79 Å². The number of benzene rings is 1. The number of hydrogen-bond donors (Lipinski definition) is 0. The Labute approximate surface area is 115 Å². The Morgan fingerprint density at radius 3 is 2.28 bits per heavy atom. The van der Waals surface area contributed by atoms with Crippen LogP contribution in [0.4, 0.5) is 0 Å². The van der Waals surface area contributed by atoms with Crippen LogP contribution in [0.2, 0.25) is 0 Å². The quantitative estimate of drug-likeness (QED) is 0.722. The summed E-state index contributed by atoms with van der Waals surface area (Å²) in [6, 6.07) is 8.43. The van der Waals surface area contributed by atoms with Gasteiger partial charge in [-0.1, -0.05) is 37.6 Å². The Bertz CT molecular complexity index is 388. The van der Waals surface area contributed by atoms with Crippen molar-refractivity contribution in [3.63, 3.8) is 0 Å². The summed E-state index contributed by atoms with van der Waals surface area (Å²) in [6.07, 6.45) is 7.01. The fourth-order valence-corrected chi connectivity index (χ4v) is 3.13. The van der Waals surface area contributed by atoms with Crippen LogP contribution in [-0.2, 0) is 11.2 Å². The van der Waals surface area contributed by atoms with Crippen LogP contribution < -0.4 is 0 Å². The van der Waals surface area contributed by atoms with Gasteiger partial charge in [-0.15, -0.1) is 0 Å². The minimum Gasteiger partial charge on any atom is -0.281 e. The zero-order valence-electron chi connectivity index (χ0n) is 11.0. The van der Waals surface area contributed by atoms with E-state index in [-0.39, 0.29) is 5.24 Å². The van der Waals surface area contributed by atoms with Gasteiger partial charge in [0.25, 0.3) is 0 Å². The molecule has 0 heterocycles. The first-order chi connectivity index (χ1) is 8.69. The van der Waals surface area contributed by atoms with E-state index >= 15 is 0 Å². The molecule has 2 heteroatoms. The van der Waals surface area contributed by atoms with Crippen LogP contribution in [-0.4, -0.2) is 5.24 Å². The summed E-state index contributed by atoms with van der Waals surface area (Å²) < 4.78 is 0. The van der Waals surface area contributed by atoms with E-state index in [1.807, 2.05) is 12.1 Å². The van der Waals surface area contributed by atoms with Crippen LogP contribution in [0.25, 0.3) is 0 Å². The second-order valence-electron chi connectivity index (χ2n) is 5.40. The molecule has 98 valence electrons. The minimum absolute atomic E-state index is 0.286. The van der Waals surface area contributed by atoms with E-state index in [1.54, 1.807) is 0 Å². The van der Waals surface area contributed by atoms with Gasteiger partial charge in [-0.05, 0) is 60.2 Å². The van der Waals surface area contributed by atoms with Crippen LogP contribution in [0.3, 0.4) is 0 Å². The maximum atomic E-state index is 10.8. The standard InChI is InChI=1S/C16H21ClO/c1-2-12-3-7-14(8-4-12)15-9-5-13(6-10-15)11-16(17)18/h5-6,9-10,12,14H,2-4,7-8,11H2,1H3. The Kier molecular flexibility index (Phi) is 4.82. The van der Waals surface area contributed by atoms with Crippen molar-refractivity contribution in [1.82, 2.24) is 0 Å². The molecule has 18 heavy (non-hydrogen) atoms. The molecule has 1 nitrogen and oxygen atoms in total. The highest BCUT2D eigenvalue weighted by Crippen LogP contribution is 2.36. The van der Waals surface area contributed by atoms with Gasteiger partial charge >= 0.3 is 0 Å². The van der Waals surface area contributed by atoms with Gasteiger partial charge < -0.3 is 0 Å². The molecule has 1 saturated carbocycles. The predicted molar refractivity (Wildman–Crippen MR) is 76.0 cm³/mol. The van der Waals surface area contributed by atoms with Crippen molar-refractivity contribution in [2.45, 2.75) is 51.4 Å². The third kappa shape index (κ3) is 3.58. The molecule has 0 saturated heterocycles. The van der Waals surface area contributed by atoms with Crippen LogP contribution in [0, 0.1) is 5.92 Å². The van der Waals surface area contributed by atoms with Gasteiger partial charge in [0.1, 0.15) is 0 Å². The lowest BCUT2D eigenvalue weighted by Crippen LogP contribution is -2.12. The van der Waals surface area contributed by atoms with Crippen LogP contribution in [0.1, 0.15) is 56.1 Å². The molecule has 0 amide bonds. The molecule has 0 spiro atoms. The monoisotopic (exact) mass is 264 g/mol. The molecule has 0 bridgehead atoms. The molecule has 0 N–H and O–H groups in total. The first kappa shape index (κ1) is 13.6. The molecule has 0 radical (unpaired) electrons. The van der Waals surface area contributed by atoms with Crippen molar-refractivity contribution < 1.29 is 4.79 Å². The van der Waals surface area contributed by atoms with E-state index < -0.39 is 0 Å². The molecule has 1 aliphatic carbocycles. The maximum absolute atomic E-state index is 10.8. The molecule has 0 atom stereocenters. The average molecular weight is 265 g/mol. The summed E-state index contributed by atoms with van der Waals surface area (Å²) in [5, 5.41) is -0.286. The van der Waals surface area contributed by atoms with Gasteiger partial charge in [-0.25, -0.2) is 0 Å². The maximum Gasteiger partial charge on any atom is 0.226 e. The van der Waals surface area contributed by atoms with Crippen LogP contribution >= 0.6 is 11.6 Å². The number of hydrogen-bond acceptors (Lipinski definition) is 1. The average Bonchev–Trinajstić information content (AvgIpc) is 2.39. The molecule has 1 aromatic carbocycles. The second-order valence-corrected chi connectivity index (χ2v) is 5.82. The summed E-state index contributed by atoms with van der Waals surface area (Å²) in [4.78, 5) is 10.8. The van der Waals surface area contributed by atoms with E-state index in [4.69, 9.17) is 11.6 Å². The molecular weight excluding hydrogens is 244 g/mol. The Morgan fingerprint density at radius 2 is 1.78 bits per heavy atom. The van der Waals surface area contributed by atoms with Crippen molar-refractivity contribution in [2.24, 2.45) is 5.92 Å². The minimum atomic E-state index is -0.286. The highest BCUT2D eigenvalue weighted by atomic mass is 35.5. The SMILES string of the molecule is CCC1CCC(c2ccc(CC(=O)Cl)cc2)CC1. The molecular formula is C16H21ClO. The normalized spacial score (nSPS) is 23.9. The molecule has 1 aromatic rings. The van der Waals surface area contributed by atoms with Crippen molar-refractivity contribution in [2.75, 3.05) is 0 Å². The van der Waals surface area contributed by atoms with Gasteiger partial charge in [0, 0.05) is 6.42 Å². The van der Waals surface area contributed by atoms with Crippen molar-refractivity contribution in [3.05, 3.63) is 35.4 Å².